The third-order valence-corrected chi connectivity index (χ3v) is 5.46. The number of fused-ring (bicyclic) bond motifs is 1. The molecule has 6 nitrogen and oxygen atoms in total. The number of hydrogen-bond donors (Lipinski definition) is 1. The number of methoxy groups -OCH3 is 2. The van der Waals surface area contributed by atoms with Crippen LogP contribution in [0.1, 0.15) is 30.0 Å². The molecule has 29 heavy (non-hydrogen) atoms. The molecule has 1 atom stereocenters. The number of rotatable bonds is 5. The molecule has 0 spiro atoms. The van der Waals surface area contributed by atoms with Crippen molar-refractivity contribution in [2.45, 2.75) is 25.4 Å². The number of nitrogens with one attached hydrogen (secondary N) is 1. The zero-order valence-corrected chi connectivity index (χ0v) is 16.7. The Balaban J connectivity index is 1.53. The average Bonchev–Trinajstić information content (AvgIpc) is 3.26. The van der Waals surface area contributed by atoms with Crippen molar-refractivity contribution in [1.82, 2.24) is 15.2 Å². The van der Waals surface area contributed by atoms with Crippen molar-refractivity contribution in [3.05, 3.63) is 65.9 Å². The molecule has 2 heterocycles. The zero-order valence-electron chi connectivity index (χ0n) is 16.7. The molecule has 4 rings (SSSR count). The standard InChI is InChI=1S/C23H25N3O3/c1-28-18-10-11-21(29-2)19(14-18)20-9-5-13-26(20)23(27)25-15-17-7-3-6-16-8-4-12-24-22(16)17/h3-4,6-8,10-12,14,20H,5,9,13,15H2,1-2H3,(H,25,27). The minimum Gasteiger partial charge on any atom is -0.497 e. The molecule has 2 aromatic carbocycles. The van der Waals surface area contributed by atoms with Crippen molar-refractivity contribution in [3.63, 3.8) is 0 Å². The van der Waals surface area contributed by atoms with Crippen molar-refractivity contribution in [2.75, 3.05) is 20.8 Å². The van der Waals surface area contributed by atoms with Crippen molar-refractivity contribution in [2.24, 2.45) is 0 Å². The SMILES string of the molecule is COc1ccc(OC)c(C2CCCN2C(=O)NCc2cccc3cccnc23)c1. The molecule has 1 saturated heterocycles. The van der Waals surface area contributed by atoms with Crippen LogP contribution in [0.2, 0.25) is 0 Å². The minimum absolute atomic E-state index is 0.0364. The molecule has 2 amide bonds. The summed E-state index contributed by atoms with van der Waals surface area (Å²) < 4.78 is 10.9. The maximum absolute atomic E-state index is 13.0. The molecule has 0 aliphatic carbocycles. The average molecular weight is 391 g/mol. The number of pyridine rings is 1. The van der Waals surface area contributed by atoms with Crippen LogP contribution in [0, 0.1) is 0 Å². The van der Waals surface area contributed by atoms with Crippen LogP contribution in [-0.4, -0.2) is 36.7 Å². The number of carbonyl (C=O) groups is 1. The topological polar surface area (TPSA) is 63.7 Å². The smallest absolute Gasteiger partial charge is 0.318 e. The van der Waals surface area contributed by atoms with E-state index in [1.807, 2.05) is 53.4 Å². The second-order valence-corrected chi connectivity index (χ2v) is 7.11. The monoisotopic (exact) mass is 391 g/mol. The predicted octanol–water partition coefficient (Wildman–Crippen LogP) is 4.30. The summed E-state index contributed by atoms with van der Waals surface area (Å²) >= 11 is 0. The van der Waals surface area contributed by atoms with Gasteiger partial charge in [-0.15, -0.1) is 0 Å². The summed E-state index contributed by atoms with van der Waals surface area (Å²) in [5.74, 6) is 1.53. The number of benzene rings is 2. The van der Waals surface area contributed by atoms with E-state index < -0.39 is 0 Å². The first-order valence-electron chi connectivity index (χ1n) is 9.80. The van der Waals surface area contributed by atoms with Gasteiger partial charge in [-0.3, -0.25) is 4.98 Å². The second kappa shape index (κ2) is 8.39. The number of para-hydroxylation sites is 1. The number of hydrogen-bond acceptors (Lipinski definition) is 4. The number of likely N-dealkylation sites (tertiary alicyclic amines) is 1. The van der Waals surface area contributed by atoms with Crippen molar-refractivity contribution >= 4 is 16.9 Å². The lowest BCUT2D eigenvalue weighted by molar-refractivity contribution is 0.191. The summed E-state index contributed by atoms with van der Waals surface area (Å²) in [4.78, 5) is 19.4. The molecule has 0 bridgehead atoms. The molecular weight excluding hydrogens is 366 g/mol. The Labute approximate surface area is 170 Å². The van der Waals surface area contributed by atoms with Gasteiger partial charge in [0, 0.05) is 30.2 Å². The molecule has 6 heteroatoms. The fourth-order valence-electron chi connectivity index (χ4n) is 4.02. The summed E-state index contributed by atoms with van der Waals surface area (Å²) in [6, 6.07) is 15.6. The Morgan fingerprint density at radius 2 is 2.03 bits per heavy atom. The van der Waals surface area contributed by atoms with E-state index in [-0.39, 0.29) is 12.1 Å². The highest BCUT2D eigenvalue weighted by Gasteiger charge is 2.32. The number of aromatic nitrogens is 1. The number of carbonyl (C=O) groups excluding carboxylic acids is 1. The quantitative estimate of drug-likeness (QED) is 0.704. The van der Waals surface area contributed by atoms with Crippen LogP contribution in [0.4, 0.5) is 4.79 Å². The van der Waals surface area contributed by atoms with Crippen LogP contribution in [0.3, 0.4) is 0 Å². The van der Waals surface area contributed by atoms with Gasteiger partial charge in [0.1, 0.15) is 11.5 Å². The number of ether oxygens (including phenoxy) is 2. The Kier molecular flexibility index (Phi) is 5.51. The van der Waals surface area contributed by atoms with E-state index in [9.17, 15) is 4.79 Å². The van der Waals surface area contributed by atoms with Crippen molar-refractivity contribution in [1.29, 1.82) is 0 Å². The number of amides is 2. The van der Waals surface area contributed by atoms with E-state index in [0.717, 1.165) is 46.4 Å². The fourth-order valence-corrected chi connectivity index (χ4v) is 4.02. The van der Waals surface area contributed by atoms with Crippen molar-refractivity contribution in [3.8, 4) is 11.5 Å². The summed E-state index contributed by atoms with van der Waals surface area (Å²) in [6.07, 6.45) is 3.63. The van der Waals surface area contributed by atoms with Crippen molar-refractivity contribution < 1.29 is 14.3 Å². The fraction of sp³-hybridized carbons (Fsp3) is 0.304. The maximum Gasteiger partial charge on any atom is 0.318 e. The summed E-state index contributed by atoms with van der Waals surface area (Å²) in [5, 5.41) is 4.14. The highest BCUT2D eigenvalue weighted by molar-refractivity contribution is 5.82. The Morgan fingerprint density at radius 3 is 2.86 bits per heavy atom. The van der Waals surface area contributed by atoms with Gasteiger partial charge >= 0.3 is 6.03 Å². The van der Waals surface area contributed by atoms with Gasteiger partial charge in [-0.05, 0) is 42.7 Å². The third-order valence-electron chi connectivity index (χ3n) is 5.46. The molecule has 1 aliphatic rings. The molecule has 1 fully saturated rings. The molecule has 1 aliphatic heterocycles. The van der Waals surface area contributed by atoms with Crippen LogP contribution < -0.4 is 14.8 Å². The zero-order chi connectivity index (χ0) is 20.2. The van der Waals surface area contributed by atoms with Gasteiger partial charge in [0.25, 0.3) is 0 Å². The predicted molar refractivity (Wildman–Crippen MR) is 112 cm³/mol. The minimum atomic E-state index is -0.0784. The number of urea groups is 1. The molecule has 1 unspecified atom stereocenters. The first-order valence-corrected chi connectivity index (χ1v) is 9.80. The Bertz CT molecular complexity index is 1020. The largest absolute Gasteiger partial charge is 0.497 e. The highest BCUT2D eigenvalue weighted by Crippen LogP contribution is 2.38. The van der Waals surface area contributed by atoms with Crippen LogP contribution in [-0.2, 0) is 6.54 Å². The molecule has 150 valence electrons. The first-order chi connectivity index (χ1) is 14.2. The van der Waals surface area contributed by atoms with Crippen LogP contribution in [0.15, 0.2) is 54.7 Å². The van der Waals surface area contributed by atoms with E-state index in [4.69, 9.17) is 9.47 Å². The Hall–Kier alpha value is -3.28. The second-order valence-electron chi connectivity index (χ2n) is 7.11. The van der Waals surface area contributed by atoms with Gasteiger partial charge < -0.3 is 19.7 Å². The van der Waals surface area contributed by atoms with Gasteiger partial charge in [0.05, 0.1) is 25.8 Å². The third kappa shape index (κ3) is 3.83. The molecule has 0 radical (unpaired) electrons. The van der Waals surface area contributed by atoms with E-state index in [1.54, 1.807) is 20.4 Å². The molecule has 1 aromatic heterocycles. The first kappa shape index (κ1) is 19.1. The molecular formula is C23H25N3O3. The summed E-state index contributed by atoms with van der Waals surface area (Å²) in [6.45, 7) is 1.15. The van der Waals surface area contributed by atoms with Crippen LogP contribution in [0.25, 0.3) is 10.9 Å². The van der Waals surface area contributed by atoms with E-state index in [0.29, 0.717) is 13.1 Å². The van der Waals surface area contributed by atoms with Crippen LogP contribution in [0.5, 0.6) is 11.5 Å². The maximum atomic E-state index is 13.0. The van der Waals surface area contributed by atoms with Gasteiger partial charge in [0.15, 0.2) is 0 Å². The summed E-state index contributed by atoms with van der Waals surface area (Å²) in [7, 11) is 3.29. The van der Waals surface area contributed by atoms with Gasteiger partial charge in [0.2, 0.25) is 0 Å². The van der Waals surface area contributed by atoms with Crippen LogP contribution >= 0.6 is 0 Å². The number of nitrogens with zero attached hydrogens (tertiary/aromatic N) is 2. The van der Waals surface area contributed by atoms with Gasteiger partial charge in [-0.25, -0.2) is 4.79 Å². The summed E-state index contributed by atoms with van der Waals surface area (Å²) in [5.41, 5.74) is 2.90. The lowest BCUT2D eigenvalue weighted by atomic mass is 10.0. The van der Waals surface area contributed by atoms with Gasteiger partial charge in [-0.2, -0.15) is 0 Å². The van der Waals surface area contributed by atoms with E-state index in [2.05, 4.69) is 10.3 Å². The van der Waals surface area contributed by atoms with E-state index in [1.165, 1.54) is 0 Å². The van der Waals surface area contributed by atoms with E-state index >= 15 is 0 Å². The molecule has 3 aromatic rings. The molecule has 1 N–H and O–H groups in total. The molecule has 0 saturated carbocycles. The lowest BCUT2D eigenvalue weighted by Crippen LogP contribution is -2.39. The highest BCUT2D eigenvalue weighted by atomic mass is 16.5. The van der Waals surface area contributed by atoms with Gasteiger partial charge in [-0.1, -0.05) is 24.3 Å². The lowest BCUT2D eigenvalue weighted by Gasteiger charge is -2.27. The Morgan fingerprint density at radius 1 is 1.17 bits per heavy atom. The normalized spacial score (nSPS) is 16.1.